The Morgan fingerprint density at radius 1 is 1.25 bits per heavy atom. The van der Waals surface area contributed by atoms with Gasteiger partial charge in [-0.15, -0.1) is 0 Å². The molecule has 1 N–H and O–H groups in total. The average molecular weight is 321 g/mol. The molecule has 0 bridgehead atoms. The van der Waals surface area contributed by atoms with Crippen molar-refractivity contribution in [3.05, 3.63) is 0 Å². The molecule has 114 valence electrons. The number of rotatable bonds is 3. The van der Waals surface area contributed by atoms with Gasteiger partial charge in [0.2, 0.25) is 5.91 Å². The normalized spacial score (nSPS) is 31.2. The lowest BCUT2D eigenvalue weighted by Gasteiger charge is -2.36. The molecule has 0 aromatic heterocycles. The molecule has 2 rings (SSSR count). The number of amides is 1. The van der Waals surface area contributed by atoms with Crippen molar-refractivity contribution in [3.8, 4) is 0 Å². The van der Waals surface area contributed by atoms with E-state index >= 15 is 0 Å². The first-order valence-corrected chi connectivity index (χ1v) is 9.73. The van der Waals surface area contributed by atoms with Crippen molar-refractivity contribution in [2.45, 2.75) is 24.6 Å². The molecule has 0 radical (unpaired) electrons. The van der Waals surface area contributed by atoms with Crippen LogP contribution in [0, 0.1) is 11.8 Å². The third kappa shape index (κ3) is 3.11. The lowest BCUT2D eigenvalue weighted by atomic mass is 9.94. The van der Waals surface area contributed by atoms with E-state index in [0.29, 0.717) is 37.3 Å². The summed E-state index contributed by atoms with van der Waals surface area (Å²) in [5, 5.41) is 8.35. The first-order chi connectivity index (χ1) is 9.32. The van der Waals surface area contributed by atoms with E-state index in [0.717, 1.165) is 6.26 Å². The van der Waals surface area contributed by atoms with Gasteiger partial charge in [-0.05, 0) is 12.8 Å². The van der Waals surface area contributed by atoms with Crippen molar-refractivity contribution >= 4 is 33.5 Å². The van der Waals surface area contributed by atoms with Crippen molar-refractivity contribution < 1.29 is 23.1 Å². The molecule has 0 aromatic rings. The molecule has 8 heteroatoms. The summed E-state index contributed by atoms with van der Waals surface area (Å²) >= 11 is 1.51. The van der Waals surface area contributed by atoms with Gasteiger partial charge in [0.25, 0.3) is 0 Å². The summed E-state index contributed by atoms with van der Waals surface area (Å²) in [7, 11) is -3.35. The second kappa shape index (κ2) is 5.93. The Kier molecular flexibility index (Phi) is 4.63. The van der Waals surface area contributed by atoms with Gasteiger partial charge in [0.05, 0.1) is 11.8 Å². The number of nitrogens with zero attached hydrogens (tertiary/aromatic N) is 1. The molecule has 1 amide bonds. The minimum absolute atomic E-state index is 0.300. The minimum atomic E-state index is -3.35. The lowest BCUT2D eigenvalue weighted by molar-refractivity contribution is -0.149. The molecule has 1 saturated carbocycles. The highest BCUT2D eigenvalue weighted by Gasteiger charge is 2.43. The van der Waals surface area contributed by atoms with E-state index in [2.05, 4.69) is 0 Å². The summed E-state index contributed by atoms with van der Waals surface area (Å²) in [4.78, 5) is 25.1. The van der Waals surface area contributed by atoms with Crippen LogP contribution in [-0.4, -0.2) is 60.0 Å². The van der Waals surface area contributed by atoms with Crippen molar-refractivity contribution in [2.24, 2.45) is 11.8 Å². The summed E-state index contributed by atoms with van der Waals surface area (Å²) in [6.07, 6.45) is 2.88. The fraction of sp³-hybridized carbons (Fsp3) is 0.833. The maximum absolute atomic E-state index is 12.6. The van der Waals surface area contributed by atoms with Crippen LogP contribution in [0.1, 0.15) is 19.3 Å². The van der Waals surface area contributed by atoms with Crippen molar-refractivity contribution in [1.29, 1.82) is 0 Å². The van der Waals surface area contributed by atoms with Gasteiger partial charge in [-0.1, -0.05) is 6.42 Å². The Hall–Kier alpha value is -0.760. The van der Waals surface area contributed by atoms with Gasteiger partial charge in [0.15, 0.2) is 9.84 Å². The second-order valence-corrected chi connectivity index (χ2v) is 8.73. The van der Waals surface area contributed by atoms with Gasteiger partial charge in [0, 0.05) is 24.3 Å². The molecule has 2 fully saturated rings. The van der Waals surface area contributed by atoms with E-state index in [9.17, 15) is 18.0 Å². The molecule has 2 aliphatic rings. The van der Waals surface area contributed by atoms with E-state index in [1.807, 2.05) is 0 Å². The molecule has 1 aliphatic carbocycles. The van der Waals surface area contributed by atoms with E-state index in [1.165, 1.54) is 16.7 Å². The number of carboxylic acids is 1. The number of carbonyl (C=O) groups is 2. The summed E-state index contributed by atoms with van der Waals surface area (Å²) in [6, 6.07) is 0. The van der Waals surface area contributed by atoms with Crippen LogP contribution in [0.4, 0.5) is 0 Å². The molecule has 1 saturated heterocycles. The van der Waals surface area contributed by atoms with Crippen LogP contribution < -0.4 is 0 Å². The zero-order chi connectivity index (χ0) is 14.9. The van der Waals surface area contributed by atoms with Crippen LogP contribution in [0.2, 0.25) is 0 Å². The molecule has 0 spiro atoms. The predicted octanol–water partition coefficient (Wildman–Crippen LogP) is 0.433. The number of sulfone groups is 1. The van der Waals surface area contributed by atoms with Gasteiger partial charge in [-0.3, -0.25) is 9.59 Å². The highest BCUT2D eigenvalue weighted by atomic mass is 32.2. The van der Waals surface area contributed by atoms with Crippen LogP contribution in [-0.2, 0) is 19.4 Å². The van der Waals surface area contributed by atoms with Gasteiger partial charge >= 0.3 is 5.97 Å². The zero-order valence-corrected chi connectivity index (χ0v) is 13.0. The Morgan fingerprint density at radius 2 is 1.90 bits per heavy atom. The second-order valence-electron chi connectivity index (χ2n) is 5.37. The molecule has 3 atom stereocenters. The minimum Gasteiger partial charge on any atom is -0.481 e. The summed E-state index contributed by atoms with van der Waals surface area (Å²) in [6.45, 7) is 0.379. The van der Waals surface area contributed by atoms with E-state index < -0.39 is 33.0 Å². The lowest BCUT2D eigenvalue weighted by Crippen LogP contribution is -2.52. The summed E-state index contributed by atoms with van der Waals surface area (Å²) in [5.41, 5.74) is 0. The van der Waals surface area contributed by atoms with E-state index in [4.69, 9.17) is 5.11 Å². The van der Waals surface area contributed by atoms with Gasteiger partial charge in [-0.25, -0.2) is 8.42 Å². The van der Waals surface area contributed by atoms with E-state index in [1.54, 1.807) is 0 Å². The van der Waals surface area contributed by atoms with Crippen LogP contribution >= 0.6 is 11.8 Å². The maximum atomic E-state index is 12.6. The molecular weight excluding hydrogens is 302 g/mol. The number of aliphatic carboxylic acids is 1. The monoisotopic (exact) mass is 321 g/mol. The van der Waals surface area contributed by atoms with Crippen LogP contribution in [0.15, 0.2) is 0 Å². The fourth-order valence-corrected chi connectivity index (χ4v) is 5.78. The molecule has 0 aromatic carbocycles. The van der Waals surface area contributed by atoms with Crippen LogP contribution in [0.5, 0.6) is 0 Å². The smallest absolute Gasteiger partial charge is 0.307 e. The number of carbonyl (C=O) groups excluding carboxylic acids is 1. The topological polar surface area (TPSA) is 91.8 Å². The highest BCUT2D eigenvalue weighted by molar-refractivity contribution is 8.00. The van der Waals surface area contributed by atoms with Crippen molar-refractivity contribution in [3.63, 3.8) is 0 Å². The Labute approximate surface area is 122 Å². The fourth-order valence-electron chi connectivity index (χ4n) is 2.95. The van der Waals surface area contributed by atoms with Gasteiger partial charge in [-0.2, -0.15) is 11.8 Å². The Bertz CT molecular complexity index is 504. The van der Waals surface area contributed by atoms with Crippen LogP contribution in [0.3, 0.4) is 0 Å². The summed E-state index contributed by atoms with van der Waals surface area (Å²) < 4.78 is 23.6. The maximum Gasteiger partial charge on any atom is 0.307 e. The quantitative estimate of drug-likeness (QED) is 0.810. The zero-order valence-electron chi connectivity index (χ0n) is 11.3. The van der Waals surface area contributed by atoms with E-state index in [-0.39, 0.29) is 5.91 Å². The van der Waals surface area contributed by atoms with Gasteiger partial charge in [0.1, 0.15) is 5.37 Å². The molecule has 1 unspecified atom stereocenters. The largest absolute Gasteiger partial charge is 0.481 e. The molecule has 1 heterocycles. The van der Waals surface area contributed by atoms with Crippen LogP contribution in [0.25, 0.3) is 0 Å². The average Bonchev–Trinajstić information content (AvgIpc) is 2.86. The number of thioether (sulfide) groups is 1. The Balaban J connectivity index is 2.20. The molecule has 1 aliphatic heterocycles. The van der Waals surface area contributed by atoms with Crippen molar-refractivity contribution in [1.82, 2.24) is 4.90 Å². The SMILES string of the molecule is CS(=O)(=O)C1CSCCN1C(=O)[C@@H]1CCC[C@@H]1C(=O)O. The predicted molar refractivity (Wildman–Crippen MR) is 76.1 cm³/mol. The first-order valence-electron chi connectivity index (χ1n) is 6.62. The highest BCUT2D eigenvalue weighted by Crippen LogP contribution is 2.35. The molecular formula is C12H19NO5S2. The number of hydrogen-bond acceptors (Lipinski definition) is 5. The standard InChI is InChI=1S/C12H19NO5S2/c1-20(17,18)10-7-19-6-5-13(10)11(14)8-3-2-4-9(8)12(15)16/h8-10H,2-7H2,1H3,(H,15,16)/t8-,9+,10?/m1/s1. The molecule has 6 nitrogen and oxygen atoms in total. The third-order valence-electron chi connectivity index (χ3n) is 4.01. The van der Waals surface area contributed by atoms with Gasteiger partial charge < -0.3 is 10.0 Å². The Morgan fingerprint density at radius 3 is 2.50 bits per heavy atom. The molecule has 20 heavy (non-hydrogen) atoms. The van der Waals surface area contributed by atoms with Crippen molar-refractivity contribution in [2.75, 3.05) is 24.3 Å². The summed E-state index contributed by atoms with van der Waals surface area (Å²) in [5.74, 6) is -1.43. The first kappa shape index (κ1) is 15.6. The number of carboxylic acid groups (broad SMARTS) is 1. The number of hydrogen-bond donors (Lipinski definition) is 1. The third-order valence-corrected chi connectivity index (χ3v) is 6.66.